The van der Waals surface area contributed by atoms with Gasteiger partial charge < -0.3 is 15.4 Å². The first-order valence-corrected chi connectivity index (χ1v) is 7.39. The summed E-state index contributed by atoms with van der Waals surface area (Å²) in [5.74, 6) is -0.580. The molecule has 0 saturated heterocycles. The summed E-state index contributed by atoms with van der Waals surface area (Å²) < 4.78 is 7.45. The number of amides is 2. The van der Waals surface area contributed by atoms with Crippen LogP contribution in [-0.4, -0.2) is 27.2 Å². The smallest absolute Gasteiger partial charge is 0.278 e. The van der Waals surface area contributed by atoms with Crippen LogP contribution in [0.25, 0.3) is 0 Å². The average molecular weight is 314 g/mol. The van der Waals surface area contributed by atoms with Crippen LogP contribution in [-0.2, 0) is 16.1 Å². The van der Waals surface area contributed by atoms with E-state index in [9.17, 15) is 9.59 Å². The van der Waals surface area contributed by atoms with Crippen molar-refractivity contribution in [2.24, 2.45) is 0 Å². The third-order valence-corrected chi connectivity index (χ3v) is 3.97. The van der Waals surface area contributed by atoms with Gasteiger partial charge in [-0.25, -0.2) is 0 Å². The second-order valence-corrected chi connectivity index (χ2v) is 5.50. The number of fused-ring (bicyclic) bond motifs is 1. The molecule has 0 fully saturated rings. The quantitative estimate of drug-likeness (QED) is 0.848. The van der Waals surface area contributed by atoms with Gasteiger partial charge in [0, 0.05) is 6.54 Å². The standard InChI is InChI=1S/C16H18N4O3/c1-4-20-10(2)12(9-17-20)19-15(22)16(3)14(21)18-11-7-5-6-8-13(11)23-16/h5-9H,4H2,1-3H3,(H,18,21)(H,19,22). The lowest BCUT2D eigenvalue weighted by molar-refractivity contribution is -0.143. The van der Waals surface area contributed by atoms with E-state index < -0.39 is 17.4 Å². The third kappa shape index (κ3) is 2.44. The molecular formula is C16H18N4O3. The van der Waals surface area contributed by atoms with Gasteiger partial charge in [0.05, 0.1) is 23.3 Å². The monoisotopic (exact) mass is 314 g/mol. The van der Waals surface area contributed by atoms with Crippen LogP contribution in [0, 0.1) is 6.92 Å². The van der Waals surface area contributed by atoms with E-state index in [2.05, 4.69) is 15.7 Å². The summed E-state index contributed by atoms with van der Waals surface area (Å²) in [6.45, 7) is 5.96. The van der Waals surface area contributed by atoms with Crippen molar-refractivity contribution in [2.45, 2.75) is 32.9 Å². The Bertz CT molecular complexity index is 783. The Morgan fingerprint density at radius 2 is 2.17 bits per heavy atom. The molecule has 0 radical (unpaired) electrons. The topological polar surface area (TPSA) is 85.2 Å². The fourth-order valence-corrected chi connectivity index (χ4v) is 2.45. The van der Waals surface area contributed by atoms with Gasteiger partial charge in [-0.15, -0.1) is 0 Å². The van der Waals surface area contributed by atoms with E-state index in [0.717, 1.165) is 5.69 Å². The zero-order valence-corrected chi connectivity index (χ0v) is 13.2. The van der Waals surface area contributed by atoms with Crippen LogP contribution in [0.15, 0.2) is 30.5 Å². The molecule has 120 valence electrons. The minimum absolute atomic E-state index is 0.464. The van der Waals surface area contributed by atoms with E-state index in [4.69, 9.17) is 4.74 Å². The van der Waals surface area contributed by atoms with Crippen molar-refractivity contribution in [3.8, 4) is 5.75 Å². The number of hydrogen-bond donors (Lipinski definition) is 2. The van der Waals surface area contributed by atoms with Crippen molar-refractivity contribution in [3.63, 3.8) is 0 Å². The Labute approximate surface area is 133 Å². The predicted octanol–water partition coefficient (Wildman–Crippen LogP) is 1.94. The summed E-state index contributed by atoms with van der Waals surface area (Å²) in [6.07, 6.45) is 1.56. The maximum Gasteiger partial charge on any atom is 0.278 e. The number of para-hydroxylation sites is 2. The fourth-order valence-electron chi connectivity index (χ4n) is 2.45. The Morgan fingerprint density at radius 1 is 1.43 bits per heavy atom. The number of aromatic nitrogens is 2. The number of aryl methyl sites for hydroxylation is 1. The molecule has 1 unspecified atom stereocenters. The van der Waals surface area contributed by atoms with Gasteiger partial charge in [-0.3, -0.25) is 14.3 Å². The van der Waals surface area contributed by atoms with Crippen LogP contribution in [0.5, 0.6) is 5.75 Å². The van der Waals surface area contributed by atoms with Gasteiger partial charge in [0.1, 0.15) is 5.75 Å². The van der Waals surface area contributed by atoms with E-state index in [1.54, 1.807) is 35.1 Å². The summed E-state index contributed by atoms with van der Waals surface area (Å²) in [5.41, 5.74) is 0.293. The van der Waals surface area contributed by atoms with E-state index in [-0.39, 0.29) is 0 Å². The number of hydrogen-bond acceptors (Lipinski definition) is 4. The molecule has 0 aliphatic carbocycles. The molecular weight excluding hydrogens is 296 g/mol. The van der Waals surface area contributed by atoms with Crippen LogP contribution < -0.4 is 15.4 Å². The molecule has 7 heteroatoms. The number of rotatable bonds is 3. The summed E-state index contributed by atoms with van der Waals surface area (Å²) in [7, 11) is 0. The lowest BCUT2D eigenvalue weighted by Crippen LogP contribution is -2.56. The van der Waals surface area contributed by atoms with Crippen molar-refractivity contribution >= 4 is 23.2 Å². The maximum atomic E-state index is 12.6. The van der Waals surface area contributed by atoms with Crippen molar-refractivity contribution in [1.29, 1.82) is 0 Å². The highest BCUT2D eigenvalue weighted by Crippen LogP contribution is 2.33. The van der Waals surface area contributed by atoms with Crippen molar-refractivity contribution in [2.75, 3.05) is 10.6 Å². The zero-order chi connectivity index (χ0) is 16.6. The molecule has 0 saturated carbocycles. The van der Waals surface area contributed by atoms with Gasteiger partial charge in [-0.1, -0.05) is 12.1 Å². The molecule has 2 N–H and O–H groups in total. The zero-order valence-electron chi connectivity index (χ0n) is 13.2. The first-order chi connectivity index (χ1) is 11.0. The normalized spacial score (nSPS) is 19.5. The van der Waals surface area contributed by atoms with Crippen LogP contribution in [0.3, 0.4) is 0 Å². The number of ether oxygens (including phenoxy) is 1. The molecule has 2 amide bonds. The molecule has 1 aliphatic heterocycles. The van der Waals surface area contributed by atoms with Crippen molar-refractivity contribution < 1.29 is 14.3 Å². The highest BCUT2D eigenvalue weighted by Gasteiger charge is 2.47. The van der Waals surface area contributed by atoms with Crippen LogP contribution in [0.1, 0.15) is 19.5 Å². The summed E-state index contributed by atoms with van der Waals surface area (Å²) in [4.78, 5) is 25.0. The van der Waals surface area contributed by atoms with Crippen LogP contribution in [0.4, 0.5) is 11.4 Å². The Hall–Kier alpha value is -2.83. The van der Waals surface area contributed by atoms with E-state index in [0.29, 0.717) is 23.7 Å². The van der Waals surface area contributed by atoms with Gasteiger partial charge in [-0.05, 0) is 32.9 Å². The first kappa shape index (κ1) is 15.1. The molecule has 0 bridgehead atoms. The summed E-state index contributed by atoms with van der Waals surface area (Å²) in [6, 6.07) is 7.00. The molecule has 1 aromatic carbocycles. The highest BCUT2D eigenvalue weighted by atomic mass is 16.5. The molecule has 0 spiro atoms. The molecule has 3 rings (SSSR count). The van der Waals surface area contributed by atoms with Gasteiger partial charge in [0.15, 0.2) is 0 Å². The average Bonchev–Trinajstić information content (AvgIpc) is 2.88. The molecule has 1 atom stereocenters. The van der Waals surface area contributed by atoms with Gasteiger partial charge in [-0.2, -0.15) is 5.10 Å². The molecule has 23 heavy (non-hydrogen) atoms. The Kier molecular flexibility index (Phi) is 3.55. The lowest BCUT2D eigenvalue weighted by Gasteiger charge is -2.33. The number of benzene rings is 1. The van der Waals surface area contributed by atoms with Crippen molar-refractivity contribution in [1.82, 2.24) is 9.78 Å². The second kappa shape index (κ2) is 5.42. The number of carbonyl (C=O) groups is 2. The summed E-state index contributed by atoms with van der Waals surface area (Å²) in [5, 5.41) is 9.60. The summed E-state index contributed by atoms with van der Waals surface area (Å²) >= 11 is 0. The van der Waals surface area contributed by atoms with E-state index >= 15 is 0 Å². The Balaban J connectivity index is 1.86. The predicted molar refractivity (Wildman–Crippen MR) is 85.4 cm³/mol. The maximum absolute atomic E-state index is 12.6. The van der Waals surface area contributed by atoms with Crippen LogP contribution >= 0.6 is 0 Å². The number of anilines is 2. The minimum Gasteiger partial charge on any atom is -0.466 e. The second-order valence-electron chi connectivity index (χ2n) is 5.50. The molecule has 2 aromatic rings. The number of nitrogens with zero attached hydrogens (tertiary/aromatic N) is 2. The Morgan fingerprint density at radius 3 is 2.87 bits per heavy atom. The van der Waals surface area contributed by atoms with Gasteiger partial charge >= 0.3 is 0 Å². The fraction of sp³-hybridized carbons (Fsp3) is 0.312. The number of carbonyl (C=O) groups excluding carboxylic acids is 2. The van der Waals surface area contributed by atoms with Crippen molar-refractivity contribution in [3.05, 3.63) is 36.2 Å². The first-order valence-electron chi connectivity index (χ1n) is 7.39. The molecule has 7 nitrogen and oxygen atoms in total. The largest absolute Gasteiger partial charge is 0.466 e. The van der Waals surface area contributed by atoms with Gasteiger partial charge in [0.25, 0.3) is 17.4 Å². The highest BCUT2D eigenvalue weighted by molar-refractivity contribution is 6.19. The SMILES string of the molecule is CCn1ncc(NC(=O)C2(C)Oc3ccccc3NC2=O)c1C. The third-order valence-electron chi connectivity index (χ3n) is 3.97. The van der Waals surface area contributed by atoms with Crippen LogP contribution in [0.2, 0.25) is 0 Å². The van der Waals surface area contributed by atoms with E-state index in [1.807, 2.05) is 13.8 Å². The minimum atomic E-state index is -1.64. The van der Waals surface area contributed by atoms with Gasteiger partial charge in [0.2, 0.25) is 0 Å². The molecule has 2 heterocycles. The molecule has 1 aromatic heterocycles. The lowest BCUT2D eigenvalue weighted by atomic mass is 10.0. The number of nitrogens with one attached hydrogen (secondary N) is 2. The van der Waals surface area contributed by atoms with E-state index in [1.165, 1.54) is 6.92 Å². The molecule has 1 aliphatic rings.